The molecule has 178 valence electrons. The monoisotopic (exact) mass is 451 g/mol. The molecule has 1 aliphatic carbocycles. The van der Waals surface area contributed by atoms with Crippen LogP contribution < -0.4 is 4.74 Å². The molecule has 2 aromatic carbocycles. The predicted molar refractivity (Wildman–Crippen MR) is 131 cm³/mol. The summed E-state index contributed by atoms with van der Waals surface area (Å²) in [4.78, 5) is 26.5. The van der Waals surface area contributed by atoms with Crippen molar-refractivity contribution < 1.29 is 19.1 Å². The second-order valence-electron chi connectivity index (χ2n) is 10.4. The maximum Gasteiger partial charge on any atom is 0.424 e. The summed E-state index contributed by atoms with van der Waals surface area (Å²) in [5.74, 6) is 0.504. The highest BCUT2D eigenvalue weighted by Gasteiger charge is 2.35. The minimum atomic E-state index is -0.721. The van der Waals surface area contributed by atoms with Gasteiger partial charge in [0.2, 0.25) is 0 Å². The van der Waals surface area contributed by atoms with Crippen LogP contribution in [0.4, 0.5) is 9.59 Å². The van der Waals surface area contributed by atoms with E-state index in [1.165, 1.54) is 30.4 Å². The van der Waals surface area contributed by atoms with Crippen LogP contribution in [0, 0.1) is 5.92 Å². The zero-order valence-corrected chi connectivity index (χ0v) is 20.6. The van der Waals surface area contributed by atoms with Crippen LogP contribution in [0.1, 0.15) is 77.8 Å². The smallest absolute Gasteiger partial charge is 0.424 e. The third-order valence-corrected chi connectivity index (χ3v) is 6.03. The van der Waals surface area contributed by atoms with Crippen molar-refractivity contribution in [2.45, 2.75) is 77.7 Å². The first-order valence-corrected chi connectivity index (χ1v) is 12.0. The molecule has 2 amide bonds. The van der Waals surface area contributed by atoms with Crippen molar-refractivity contribution in [2.75, 3.05) is 6.54 Å². The standard InChI is InChI=1S/C28H37NO4/c1-21(2)20-29(26(31)33-27(3,4)5)25(30)32-24-16-14-23(15-17-24)28(18-10-7-11-19-28)22-12-8-6-9-13-22/h6,8-9,12-17,21H,7,10-11,18-20H2,1-5H3. The van der Waals surface area contributed by atoms with Crippen molar-refractivity contribution in [1.82, 2.24) is 4.90 Å². The Morgan fingerprint density at radius 2 is 1.45 bits per heavy atom. The second kappa shape index (κ2) is 10.4. The molecular weight excluding hydrogens is 414 g/mol. The lowest BCUT2D eigenvalue weighted by atomic mass is 9.65. The molecule has 0 heterocycles. The zero-order valence-electron chi connectivity index (χ0n) is 20.6. The number of rotatable bonds is 5. The highest BCUT2D eigenvalue weighted by atomic mass is 16.6. The summed E-state index contributed by atoms with van der Waals surface area (Å²) in [5, 5.41) is 0. The van der Waals surface area contributed by atoms with Gasteiger partial charge in [0, 0.05) is 12.0 Å². The van der Waals surface area contributed by atoms with Crippen LogP contribution in [-0.2, 0) is 10.2 Å². The van der Waals surface area contributed by atoms with E-state index in [0.29, 0.717) is 5.75 Å². The molecule has 5 nitrogen and oxygen atoms in total. The van der Waals surface area contributed by atoms with Gasteiger partial charge in [-0.3, -0.25) is 0 Å². The summed E-state index contributed by atoms with van der Waals surface area (Å²) in [7, 11) is 0. The van der Waals surface area contributed by atoms with Gasteiger partial charge in [0.05, 0.1) is 0 Å². The van der Waals surface area contributed by atoms with E-state index in [4.69, 9.17) is 9.47 Å². The first-order chi connectivity index (χ1) is 15.6. The lowest BCUT2D eigenvalue weighted by Crippen LogP contribution is -2.44. The molecule has 0 atom stereocenters. The Morgan fingerprint density at radius 1 is 0.879 bits per heavy atom. The zero-order chi connectivity index (χ0) is 24.1. The molecule has 0 bridgehead atoms. The maximum atomic E-state index is 12.8. The van der Waals surface area contributed by atoms with Crippen LogP contribution in [0.3, 0.4) is 0 Å². The molecule has 3 rings (SSSR count). The van der Waals surface area contributed by atoms with Crippen LogP contribution in [0.25, 0.3) is 0 Å². The summed E-state index contributed by atoms with van der Waals surface area (Å²) in [6, 6.07) is 18.4. The summed E-state index contributed by atoms with van der Waals surface area (Å²) in [5.41, 5.74) is 1.87. The summed E-state index contributed by atoms with van der Waals surface area (Å²) in [6.07, 6.45) is 4.47. The first kappa shape index (κ1) is 24.8. The van der Waals surface area contributed by atoms with E-state index >= 15 is 0 Å². The number of carbonyl (C=O) groups is 2. The number of carbonyl (C=O) groups excluding carboxylic acids is 2. The molecule has 0 radical (unpaired) electrons. The average Bonchev–Trinajstić information content (AvgIpc) is 2.77. The largest absolute Gasteiger partial charge is 0.443 e. The fourth-order valence-electron chi connectivity index (χ4n) is 4.56. The topological polar surface area (TPSA) is 55.8 Å². The van der Waals surface area contributed by atoms with Crippen LogP contribution in [-0.4, -0.2) is 29.2 Å². The van der Waals surface area contributed by atoms with E-state index < -0.39 is 17.8 Å². The quantitative estimate of drug-likeness (QED) is 0.477. The van der Waals surface area contributed by atoms with Gasteiger partial charge in [0.1, 0.15) is 11.4 Å². The second-order valence-corrected chi connectivity index (χ2v) is 10.4. The molecule has 1 saturated carbocycles. The van der Waals surface area contributed by atoms with Gasteiger partial charge in [-0.25, -0.2) is 14.5 Å². The Balaban J connectivity index is 1.79. The van der Waals surface area contributed by atoms with Crippen molar-refractivity contribution in [3.8, 4) is 5.75 Å². The van der Waals surface area contributed by atoms with Gasteiger partial charge in [-0.1, -0.05) is 75.6 Å². The lowest BCUT2D eigenvalue weighted by Gasteiger charge is -2.38. The normalized spacial score (nSPS) is 15.7. The van der Waals surface area contributed by atoms with E-state index in [1.807, 2.05) is 26.0 Å². The number of benzene rings is 2. The molecule has 5 heteroatoms. The van der Waals surface area contributed by atoms with Crippen molar-refractivity contribution in [1.29, 1.82) is 0 Å². The molecule has 2 aromatic rings. The van der Waals surface area contributed by atoms with E-state index in [9.17, 15) is 9.59 Å². The van der Waals surface area contributed by atoms with E-state index in [2.05, 4.69) is 42.5 Å². The molecule has 0 N–H and O–H groups in total. The number of nitrogens with zero attached hydrogens (tertiary/aromatic N) is 1. The highest BCUT2D eigenvalue weighted by molar-refractivity contribution is 5.89. The van der Waals surface area contributed by atoms with Gasteiger partial charge in [-0.2, -0.15) is 0 Å². The Hall–Kier alpha value is -2.82. The van der Waals surface area contributed by atoms with Gasteiger partial charge in [0.25, 0.3) is 0 Å². The molecular formula is C28H37NO4. The van der Waals surface area contributed by atoms with E-state index in [1.54, 1.807) is 20.8 Å². The highest BCUT2D eigenvalue weighted by Crippen LogP contribution is 2.45. The van der Waals surface area contributed by atoms with Crippen LogP contribution in [0.15, 0.2) is 54.6 Å². The predicted octanol–water partition coefficient (Wildman–Crippen LogP) is 7.33. The summed E-state index contributed by atoms with van der Waals surface area (Å²) < 4.78 is 11.0. The molecule has 33 heavy (non-hydrogen) atoms. The number of imide groups is 1. The van der Waals surface area contributed by atoms with E-state index in [0.717, 1.165) is 17.7 Å². The summed E-state index contributed by atoms with van der Waals surface area (Å²) in [6.45, 7) is 9.42. The fourth-order valence-corrected chi connectivity index (χ4v) is 4.56. The number of amides is 2. The van der Waals surface area contributed by atoms with E-state index in [-0.39, 0.29) is 17.9 Å². The Bertz CT molecular complexity index is 923. The number of ether oxygens (including phenoxy) is 2. The Morgan fingerprint density at radius 3 is 2.00 bits per heavy atom. The molecule has 0 unspecified atom stereocenters. The van der Waals surface area contributed by atoms with Gasteiger partial charge >= 0.3 is 12.2 Å². The Kier molecular flexibility index (Phi) is 7.83. The first-order valence-electron chi connectivity index (χ1n) is 12.0. The van der Waals surface area contributed by atoms with Crippen molar-refractivity contribution in [2.24, 2.45) is 5.92 Å². The average molecular weight is 452 g/mol. The van der Waals surface area contributed by atoms with Crippen LogP contribution in [0.5, 0.6) is 5.75 Å². The minimum Gasteiger partial charge on any atom is -0.443 e. The van der Waals surface area contributed by atoms with Gasteiger partial charge in [-0.05, 0) is 62.8 Å². The number of hydrogen-bond acceptors (Lipinski definition) is 4. The fraction of sp³-hybridized carbons (Fsp3) is 0.500. The maximum absolute atomic E-state index is 12.8. The van der Waals surface area contributed by atoms with Crippen molar-refractivity contribution >= 4 is 12.2 Å². The SMILES string of the molecule is CC(C)CN(C(=O)Oc1ccc(C2(c3ccccc3)CCCCC2)cc1)C(=O)OC(C)(C)C. The lowest BCUT2D eigenvalue weighted by molar-refractivity contribution is 0.0260. The third kappa shape index (κ3) is 6.37. The molecule has 0 spiro atoms. The Labute approximate surface area is 198 Å². The third-order valence-electron chi connectivity index (χ3n) is 6.03. The van der Waals surface area contributed by atoms with Gasteiger partial charge < -0.3 is 9.47 Å². The molecule has 0 aromatic heterocycles. The molecule has 0 aliphatic heterocycles. The van der Waals surface area contributed by atoms with Crippen LogP contribution in [0.2, 0.25) is 0 Å². The minimum absolute atomic E-state index is 0.0117. The van der Waals surface area contributed by atoms with Gasteiger partial charge in [0.15, 0.2) is 0 Å². The molecule has 1 fully saturated rings. The number of hydrogen-bond donors (Lipinski definition) is 0. The van der Waals surface area contributed by atoms with Crippen molar-refractivity contribution in [3.05, 3.63) is 65.7 Å². The van der Waals surface area contributed by atoms with Crippen molar-refractivity contribution in [3.63, 3.8) is 0 Å². The molecule has 1 aliphatic rings. The molecule has 0 saturated heterocycles. The van der Waals surface area contributed by atoms with Gasteiger partial charge in [-0.15, -0.1) is 0 Å². The van der Waals surface area contributed by atoms with Crippen LogP contribution >= 0.6 is 0 Å². The summed E-state index contributed by atoms with van der Waals surface area (Å²) >= 11 is 0.